The first-order valence-corrected chi connectivity index (χ1v) is 7.72. The van der Waals surface area contributed by atoms with E-state index in [0.29, 0.717) is 12.8 Å². The molecule has 0 amide bonds. The fraction of sp³-hybridized carbons (Fsp3) is 0.692. The number of carbonyl (C=O) groups excluding carboxylic acids is 2. The normalized spacial score (nSPS) is 34.2. The number of carbonyl (C=O) groups is 2. The first kappa shape index (κ1) is 17.1. The van der Waals surface area contributed by atoms with Crippen molar-refractivity contribution in [1.29, 1.82) is 0 Å². The molecule has 124 valence electrons. The SMILES string of the molecule is C=C(C)C(=O)OCC(=O)OC1(C)CC2OC1CC2OS(=O)O. The van der Waals surface area contributed by atoms with E-state index in [1.807, 2.05) is 0 Å². The molecule has 0 spiro atoms. The van der Waals surface area contributed by atoms with Crippen molar-refractivity contribution in [2.75, 3.05) is 6.61 Å². The summed E-state index contributed by atoms with van der Waals surface area (Å²) in [5, 5.41) is 0. The monoisotopic (exact) mass is 334 g/mol. The molecule has 9 heteroatoms. The van der Waals surface area contributed by atoms with E-state index >= 15 is 0 Å². The third-order valence-electron chi connectivity index (χ3n) is 3.71. The Labute approximate surface area is 130 Å². The second kappa shape index (κ2) is 6.45. The maximum Gasteiger partial charge on any atom is 0.344 e. The molecule has 0 aromatic heterocycles. The van der Waals surface area contributed by atoms with Gasteiger partial charge in [0, 0.05) is 18.4 Å². The van der Waals surface area contributed by atoms with Gasteiger partial charge in [0.1, 0.15) is 17.8 Å². The minimum Gasteiger partial charge on any atom is -0.454 e. The Kier molecular flexibility index (Phi) is 5.00. The molecule has 2 bridgehead atoms. The van der Waals surface area contributed by atoms with Gasteiger partial charge in [0.25, 0.3) is 0 Å². The summed E-state index contributed by atoms with van der Waals surface area (Å²) in [6.07, 6.45) is -0.626. The van der Waals surface area contributed by atoms with Gasteiger partial charge in [-0.25, -0.2) is 9.59 Å². The Bertz CT molecular complexity index is 518. The highest BCUT2D eigenvalue weighted by Gasteiger charge is 2.57. The van der Waals surface area contributed by atoms with Gasteiger partial charge < -0.3 is 14.2 Å². The van der Waals surface area contributed by atoms with Crippen LogP contribution in [-0.4, -0.2) is 51.2 Å². The highest BCUT2D eigenvalue weighted by atomic mass is 32.2. The molecule has 5 unspecified atom stereocenters. The van der Waals surface area contributed by atoms with Crippen molar-refractivity contribution in [3.63, 3.8) is 0 Å². The van der Waals surface area contributed by atoms with Crippen molar-refractivity contribution in [2.45, 2.75) is 50.6 Å². The minimum atomic E-state index is -2.36. The molecule has 0 aromatic carbocycles. The molecular formula is C13H18O8S. The van der Waals surface area contributed by atoms with Crippen LogP contribution in [0.5, 0.6) is 0 Å². The van der Waals surface area contributed by atoms with E-state index in [9.17, 15) is 13.8 Å². The number of rotatable bonds is 6. The van der Waals surface area contributed by atoms with Crippen LogP contribution in [-0.2, 0) is 39.3 Å². The molecule has 2 aliphatic heterocycles. The largest absolute Gasteiger partial charge is 0.454 e. The van der Waals surface area contributed by atoms with Crippen molar-refractivity contribution < 1.29 is 36.7 Å². The number of hydrogen-bond donors (Lipinski definition) is 1. The number of esters is 2. The molecule has 2 saturated heterocycles. The van der Waals surface area contributed by atoms with Gasteiger partial charge in [0.05, 0.1) is 6.10 Å². The van der Waals surface area contributed by atoms with Crippen LogP contribution in [0.15, 0.2) is 12.2 Å². The molecule has 0 aliphatic carbocycles. The van der Waals surface area contributed by atoms with Crippen LogP contribution in [0.25, 0.3) is 0 Å². The van der Waals surface area contributed by atoms with E-state index in [1.165, 1.54) is 6.92 Å². The van der Waals surface area contributed by atoms with Crippen LogP contribution in [0.4, 0.5) is 0 Å². The molecule has 0 radical (unpaired) electrons. The molecule has 8 nitrogen and oxygen atoms in total. The number of ether oxygens (including phenoxy) is 3. The minimum absolute atomic E-state index is 0.194. The molecule has 1 N–H and O–H groups in total. The highest BCUT2D eigenvalue weighted by molar-refractivity contribution is 7.74. The first-order chi connectivity index (χ1) is 10.2. The van der Waals surface area contributed by atoms with Crippen LogP contribution in [0, 0.1) is 0 Å². The molecule has 22 heavy (non-hydrogen) atoms. The molecule has 0 aromatic rings. The zero-order valence-corrected chi connectivity index (χ0v) is 13.1. The molecule has 5 atom stereocenters. The van der Waals surface area contributed by atoms with Crippen molar-refractivity contribution in [2.24, 2.45) is 0 Å². The summed E-state index contributed by atoms with van der Waals surface area (Å²) >= 11 is -2.36. The van der Waals surface area contributed by atoms with Crippen LogP contribution in [0.1, 0.15) is 26.7 Å². The lowest BCUT2D eigenvalue weighted by atomic mass is 9.84. The lowest BCUT2D eigenvalue weighted by molar-refractivity contribution is -0.172. The molecule has 0 saturated carbocycles. The van der Waals surface area contributed by atoms with Gasteiger partial charge in [-0.05, 0) is 13.8 Å². The summed E-state index contributed by atoms with van der Waals surface area (Å²) in [6.45, 7) is 6.09. The van der Waals surface area contributed by atoms with E-state index < -0.39 is 53.8 Å². The fourth-order valence-corrected chi connectivity index (χ4v) is 3.09. The standard InChI is InChI=1S/C13H18O8S/c1-7(2)12(15)18-6-11(14)20-13(3)5-9-8(21-22(16)17)4-10(13)19-9/h8-10H,1,4-6H2,2-3H3,(H,16,17). The Morgan fingerprint density at radius 3 is 2.68 bits per heavy atom. The van der Waals surface area contributed by atoms with Gasteiger partial charge in [-0.1, -0.05) is 6.58 Å². The van der Waals surface area contributed by atoms with Crippen molar-refractivity contribution in [1.82, 2.24) is 0 Å². The average Bonchev–Trinajstić information content (AvgIpc) is 2.91. The Morgan fingerprint density at radius 2 is 2.18 bits per heavy atom. The van der Waals surface area contributed by atoms with Gasteiger partial charge in [-0.2, -0.15) is 4.21 Å². The van der Waals surface area contributed by atoms with Gasteiger partial charge >= 0.3 is 23.3 Å². The fourth-order valence-electron chi connectivity index (χ4n) is 2.67. The maximum absolute atomic E-state index is 11.8. The number of hydrogen-bond acceptors (Lipinski definition) is 7. The summed E-state index contributed by atoms with van der Waals surface area (Å²) in [4.78, 5) is 23.0. The second-order valence-corrected chi connectivity index (χ2v) is 6.22. The molecule has 2 heterocycles. The maximum atomic E-state index is 11.8. The first-order valence-electron chi connectivity index (χ1n) is 6.69. The molecule has 2 fully saturated rings. The predicted octanol–water partition coefficient (Wildman–Crippen LogP) is 0.491. The Morgan fingerprint density at radius 1 is 1.50 bits per heavy atom. The Balaban J connectivity index is 1.84. The smallest absolute Gasteiger partial charge is 0.344 e. The molecule has 2 rings (SSSR count). The lowest BCUT2D eigenvalue weighted by Gasteiger charge is -2.32. The zero-order valence-electron chi connectivity index (χ0n) is 12.3. The Hall–Kier alpha value is -1.29. The average molecular weight is 334 g/mol. The third kappa shape index (κ3) is 3.72. The van der Waals surface area contributed by atoms with Crippen molar-refractivity contribution in [3.8, 4) is 0 Å². The van der Waals surface area contributed by atoms with Crippen LogP contribution in [0.2, 0.25) is 0 Å². The summed E-state index contributed by atoms with van der Waals surface area (Å²) in [6, 6.07) is 0. The molecule has 2 aliphatic rings. The van der Waals surface area contributed by atoms with E-state index in [2.05, 4.69) is 6.58 Å². The number of fused-ring (bicyclic) bond motifs is 2. The van der Waals surface area contributed by atoms with Gasteiger partial charge in [-0.3, -0.25) is 8.74 Å². The summed E-state index contributed by atoms with van der Waals surface area (Å²) in [5.74, 6) is -1.35. The topological polar surface area (TPSA) is 108 Å². The van der Waals surface area contributed by atoms with E-state index in [1.54, 1.807) is 6.92 Å². The van der Waals surface area contributed by atoms with Crippen LogP contribution in [0.3, 0.4) is 0 Å². The quantitative estimate of drug-likeness (QED) is 0.425. The summed E-state index contributed by atoms with van der Waals surface area (Å²) in [7, 11) is 0. The van der Waals surface area contributed by atoms with Gasteiger partial charge in [0.2, 0.25) is 0 Å². The van der Waals surface area contributed by atoms with E-state index in [4.69, 9.17) is 22.9 Å². The van der Waals surface area contributed by atoms with Crippen LogP contribution < -0.4 is 0 Å². The van der Waals surface area contributed by atoms with E-state index in [-0.39, 0.29) is 5.57 Å². The van der Waals surface area contributed by atoms with Gasteiger partial charge in [-0.15, -0.1) is 0 Å². The van der Waals surface area contributed by atoms with Gasteiger partial charge in [0.15, 0.2) is 6.61 Å². The van der Waals surface area contributed by atoms with Crippen LogP contribution >= 0.6 is 0 Å². The third-order valence-corrected chi connectivity index (χ3v) is 4.12. The van der Waals surface area contributed by atoms with Crippen molar-refractivity contribution >= 4 is 23.3 Å². The lowest BCUT2D eigenvalue weighted by Crippen LogP contribution is -2.45. The van der Waals surface area contributed by atoms with E-state index in [0.717, 1.165) is 0 Å². The summed E-state index contributed by atoms with van der Waals surface area (Å²) < 4.78 is 39.9. The van der Waals surface area contributed by atoms with Crippen molar-refractivity contribution in [3.05, 3.63) is 12.2 Å². The zero-order chi connectivity index (χ0) is 16.5. The molecular weight excluding hydrogens is 316 g/mol. The highest BCUT2D eigenvalue weighted by Crippen LogP contribution is 2.45. The second-order valence-electron chi connectivity index (χ2n) is 5.60. The summed E-state index contributed by atoms with van der Waals surface area (Å²) in [5.41, 5.74) is -0.673. The predicted molar refractivity (Wildman–Crippen MR) is 73.8 cm³/mol.